The Morgan fingerprint density at radius 2 is 2.11 bits per heavy atom. The number of nitrogens with one attached hydrogen (secondary N) is 1. The quantitative estimate of drug-likeness (QED) is 0.860. The molecule has 0 atom stereocenters. The lowest BCUT2D eigenvalue weighted by Gasteiger charge is -2.20. The second-order valence-corrected chi connectivity index (χ2v) is 5.83. The predicted octanol–water partition coefficient (Wildman–Crippen LogP) is 3.44. The van der Waals surface area contributed by atoms with E-state index in [1.165, 1.54) is 37.7 Å². The first-order valence-corrected chi connectivity index (χ1v) is 7.54. The van der Waals surface area contributed by atoms with Crippen LogP contribution in [0.5, 0.6) is 0 Å². The molecule has 0 saturated heterocycles. The molecule has 2 rings (SSSR count). The molecule has 0 aliphatic heterocycles. The van der Waals surface area contributed by atoms with Crippen LogP contribution in [0, 0.1) is 5.92 Å². The Labute approximate surface area is 117 Å². The summed E-state index contributed by atoms with van der Waals surface area (Å²) in [5.41, 5.74) is 0.435. The van der Waals surface area contributed by atoms with Gasteiger partial charge in [-0.05, 0) is 30.2 Å². The molecule has 104 valence electrons. The minimum atomic E-state index is -0.408. The van der Waals surface area contributed by atoms with E-state index in [0.29, 0.717) is 22.9 Å². The molecule has 0 radical (unpaired) electrons. The Balaban J connectivity index is 1.91. The van der Waals surface area contributed by atoms with Crippen molar-refractivity contribution >= 4 is 28.2 Å². The first-order chi connectivity index (χ1) is 9.20. The van der Waals surface area contributed by atoms with Crippen LogP contribution in [0.1, 0.15) is 48.9 Å². The minimum absolute atomic E-state index is 0.000460. The number of ether oxygens (including phenoxy) is 1. The fourth-order valence-corrected chi connectivity index (χ4v) is 3.30. The van der Waals surface area contributed by atoms with Gasteiger partial charge in [0.15, 0.2) is 0 Å². The third-order valence-electron chi connectivity index (χ3n) is 3.52. The van der Waals surface area contributed by atoms with E-state index < -0.39 is 5.97 Å². The van der Waals surface area contributed by atoms with Crippen LogP contribution in [0.3, 0.4) is 0 Å². The molecule has 0 spiro atoms. The van der Waals surface area contributed by atoms with Gasteiger partial charge in [-0.25, -0.2) is 4.79 Å². The van der Waals surface area contributed by atoms with Gasteiger partial charge in [-0.15, -0.1) is 11.3 Å². The van der Waals surface area contributed by atoms with Gasteiger partial charge in [0.2, 0.25) is 5.91 Å². The van der Waals surface area contributed by atoms with Crippen LogP contribution >= 0.6 is 11.3 Å². The maximum atomic E-state index is 12.0. The fraction of sp³-hybridized carbons (Fsp3) is 0.571. The Kier molecular flexibility index (Phi) is 4.96. The standard InChI is InChI=1S/C14H19NO3S/c1-18-14(17)11-7-8-19-13(11)15-12(16)9-10-5-3-2-4-6-10/h7-8,10H,2-6,9H2,1H3,(H,15,16). The highest BCUT2D eigenvalue weighted by atomic mass is 32.1. The third-order valence-corrected chi connectivity index (χ3v) is 4.35. The van der Waals surface area contributed by atoms with E-state index >= 15 is 0 Å². The zero-order chi connectivity index (χ0) is 13.7. The zero-order valence-corrected chi connectivity index (χ0v) is 11.9. The summed E-state index contributed by atoms with van der Waals surface area (Å²) in [5.74, 6) is 0.0870. The molecule has 1 heterocycles. The number of carbonyl (C=O) groups is 2. The molecule has 1 saturated carbocycles. The van der Waals surface area contributed by atoms with E-state index in [1.807, 2.05) is 0 Å². The number of carbonyl (C=O) groups excluding carboxylic acids is 2. The van der Waals surface area contributed by atoms with Crippen molar-refractivity contribution in [2.75, 3.05) is 12.4 Å². The SMILES string of the molecule is COC(=O)c1ccsc1NC(=O)CC1CCCCC1. The van der Waals surface area contributed by atoms with E-state index in [9.17, 15) is 9.59 Å². The molecule has 0 bridgehead atoms. The number of methoxy groups -OCH3 is 1. The van der Waals surface area contributed by atoms with Crippen molar-refractivity contribution in [2.24, 2.45) is 5.92 Å². The number of hydrogen-bond acceptors (Lipinski definition) is 4. The predicted molar refractivity (Wildman–Crippen MR) is 75.5 cm³/mol. The lowest BCUT2D eigenvalue weighted by molar-refractivity contribution is -0.117. The molecule has 1 aliphatic rings. The van der Waals surface area contributed by atoms with Crippen molar-refractivity contribution in [1.82, 2.24) is 0 Å². The van der Waals surface area contributed by atoms with Crippen molar-refractivity contribution in [3.05, 3.63) is 17.0 Å². The van der Waals surface area contributed by atoms with Crippen LogP contribution in [0.2, 0.25) is 0 Å². The number of thiophene rings is 1. The van der Waals surface area contributed by atoms with Gasteiger partial charge in [-0.1, -0.05) is 19.3 Å². The average Bonchev–Trinajstić information content (AvgIpc) is 2.87. The summed E-state index contributed by atoms with van der Waals surface area (Å²) in [6.07, 6.45) is 6.58. The molecule has 0 unspecified atom stereocenters. The van der Waals surface area contributed by atoms with E-state index in [-0.39, 0.29) is 5.91 Å². The fourth-order valence-electron chi connectivity index (χ4n) is 2.51. The first-order valence-electron chi connectivity index (χ1n) is 6.66. The molecule has 1 aromatic rings. The summed E-state index contributed by atoms with van der Waals surface area (Å²) in [6.45, 7) is 0. The van der Waals surface area contributed by atoms with Crippen molar-refractivity contribution < 1.29 is 14.3 Å². The Morgan fingerprint density at radius 3 is 2.79 bits per heavy atom. The van der Waals surface area contributed by atoms with Crippen LogP contribution < -0.4 is 5.32 Å². The van der Waals surface area contributed by atoms with Crippen molar-refractivity contribution in [2.45, 2.75) is 38.5 Å². The second-order valence-electron chi connectivity index (χ2n) is 4.91. The lowest BCUT2D eigenvalue weighted by Crippen LogP contribution is -2.19. The normalized spacial score (nSPS) is 16.1. The number of amides is 1. The summed E-state index contributed by atoms with van der Waals surface area (Å²) in [5, 5.41) is 5.20. The topological polar surface area (TPSA) is 55.4 Å². The summed E-state index contributed by atoms with van der Waals surface area (Å²) in [4.78, 5) is 23.5. The summed E-state index contributed by atoms with van der Waals surface area (Å²) < 4.78 is 4.68. The maximum absolute atomic E-state index is 12.0. The number of rotatable bonds is 4. The van der Waals surface area contributed by atoms with E-state index in [1.54, 1.807) is 11.4 Å². The molecule has 1 aromatic heterocycles. The number of esters is 1. The lowest BCUT2D eigenvalue weighted by atomic mass is 9.87. The first kappa shape index (κ1) is 14.1. The average molecular weight is 281 g/mol. The van der Waals surface area contributed by atoms with Gasteiger partial charge in [-0.2, -0.15) is 0 Å². The van der Waals surface area contributed by atoms with Crippen LogP contribution in [-0.4, -0.2) is 19.0 Å². The molecule has 1 amide bonds. The molecule has 4 nitrogen and oxygen atoms in total. The Morgan fingerprint density at radius 1 is 1.37 bits per heavy atom. The van der Waals surface area contributed by atoms with Gasteiger partial charge in [0.1, 0.15) is 5.00 Å². The van der Waals surface area contributed by atoms with Crippen molar-refractivity contribution in [3.8, 4) is 0 Å². The van der Waals surface area contributed by atoms with E-state index in [4.69, 9.17) is 0 Å². The molecule has 1 aliphatic carbocycles. The minimum Gasteiger partial charge on any atom is -0.465 e. The molecule has 0 aromatic carbocycles. The highest BCUT2D eigenvalue weighted by Crippen LogP contribution is 2.28. The van der Waals surface area contributed by atoms with E-state index in [0.717, 1.165) is 12.8 Å². The van der Waals surface area contributed by atoms with E-state index in [2.05, 4.69) is 10.1 Å². The molecule has 19 heavy (non-hydrogen) atoms. The van der Waals surface area contributed by atoms with Crippen LogP contribution in [0.4, 0.5) is 5.00 Å². The zero-order valence-electron chi connectivity index (χ0n) is 11.1. The van der Waals surface area contributed by atoms with Gasteiger partial charge in [0.05, 0.1) is 12.7 Å². The van der Waals surface area contributed by atoms with Gasteiger partial charge in [0.25, 0.3) is 0 Å². The number of hydrogen-bond donors (Lipinski definition) is 1. The highest BCUT2D eigenvalue weighted by Gasteiger charge is 2.19. The monoisotopic (exact) mass is 281 g/mol. The molecule has 5 heteroatoms. The second kappa shape index (κ2) is 6.70. The largest absolute Gasteiger partial charge is 0.465 e. The third kappa shape index (κ3) is 3.80. The van der Waals surface area contributed by atoms with Crippen LogP contribution in [0.15, 0.2) is 11.4 Å². The highest BCUT2D eigenvalue weighted by molar-refractivity contribution is 7.14. The van der Waals surface area contributed by atoms with Gasteiger partial charge < -0.3 is 10.1 Å². The molecule has 1 N–H and O–H groups in total. The maximum Gasteiger partial charge on any atom is 0.340 e. The molecular formula is C14H19NO3S. The Hall–Kier alpha value is -1.36. The van der Waals surface area contributed by atoms with Crippen LogP contribution in [0.25, 0.3) is 0 Å². The van der Waals surface area contributed by atoms with Crippen molar-refractivity contribution in [3.63, 3.8) is 0 Å². The Bertz CT molecular complexity index is 449. The van der Waals surface area contributed by atoms with Crippen LogP contribution in [-0.2, 0) is 9.53 Å². The van der Waals surface area contributed by atoms with Gasteiger partial charge >= 0.3 is 5.97 Å². The number of anilines is 1. The molecule has 1 fully saturated rings. The summed E-state index contributed by atoms with van der Waals surface area (Å²) in [6, 6.07) is 1.67. The summed E-state index contributed by atoms with van der Waals surface area (Å²) >= 11 is 1.35. The van der Waals surface area contributed by atoms with Crippen molar-refractivity contribution in [1.29, 1.82) is 0 Å². The van der Waals surface area contributed by atoms with Gasteiger partial charge in [0, 0.05) is 6.42 Å². The smallest absolute Gasteiger partial charge is 0.340 e. The summed E-state index contributed by atoms with van der Waals surface area (Å²) in [7, 11) is 1.34. The van der Waals surface area contributed by atoms with Gasteiger partial charge in [-0.3, -0.25) is 4.79 Å². The molecular weight excluding hydrogens is 262 g/mol.